The molecule has 0 aromatic carbocycles. The Labute approximate surface area is 89.9 Å². The van der Waals surface area contributed by atoms with E-state index >= 15 is 0 Å². The van der Waals surface area contributed by atoms with Crippen LogP contribution in [0.15, 0.2) is 6.20 Å². The summed E-state index contributed by atoms with van der Waals surface area (Å²) in [5, 5.41) is 2.17. The highest BCUT2D eigenvalue weighted by molar-refractivity contribution is 5.39. The number of anilines is 1. The average molecular weight is 237 g/mol. The van der Waals surface area contributed by atoms with Gasteiger partial charge in [-0.15, -0.1) is 0 Å². The van der Waals surface area contributed by atoms with Crippen LogP contribution in [0.3, 0.4) is 0 Å². The largest absolute Gasteiger partial charge is 0.362 e. The molecule has 0 fully saturated rings. The van der Waals surface area contributed by atoms with Crippen molar-refractivity contribution in [1.29, 1.82) is 0 Å². The minimum atomic E-state index is -4.07. The third-order valence-corrected chi connectivity index (χ3v) is 1.89. The standard InChI is InChI=1S/C9H11F4N3/c1-5-3-14-6(2)7(16-5)15-4-9(12,13)8(10)11/h3,8H,4H2,1-2H3,(H,15,16). The molecule has 0 saturated carbocycles. The predicted octanol–water partition coefficient (Wildman–Crippen LogP) is 2.41. The minimum absolute atomic E-state index is 0.0975. The number of alkyl halides is 4. The van der Waals surface area contributed by atoms with Gasteiger partial charge < -0.3 is 5.32 Å². The van der Waals surface area contributed by atoms with Crippen LogP contribution < -0.4 is 5.32 Å². The first-order valence-corrected chi connectivity index (χ1v) is 4.53. The van der Waals surface area contributed by atoms with Crippen LogP contribution in [-0.2, 0) is 0 Å². The number of nitrogens with zero attached hydrogens (tertiary/aromatic N) is 2. The Morgan fingerprint density at radius 2 is 2.00 bits per heavy atom. The second kappa shape index (κ2) is 4.63. The maximum Gasteiger partial charge on any atom is 0.324 e. The zero-order valence-electron chi connectivity index (χ0n) is 8.77. The van der Waals surface area contributed by atoms with Crippen LogP contribution >= 0.6 is 0 Å². The first kappa shape index (κ1) is 12.7. The molecule has 0 unspecified atom stereocenters. The van der Waals surface area contributed by atoms with Crippen LogP contribution in [0.1, 0.15) is 11.4 Å². The number of halogens is 4. The van der Waals surface area contributed by atoms with Gasteiger partial charge in [-0.3, -0.25) is 4.98 Å². The predicted molar refractivity (Wildman–Crippen MR) is 50.9 cm³/mol. The molecule has 1 heterocycles. The molecular weight excluding hydrogens is 226 g/mol. The summed E-state index contributed by atoms with van der Waals surface area (Å²) in [5.41, 5.74) is 0.907. The Kier molecular flexibility index (Phi) is 3.66. The molecule has 0 radical (unpaired) electrons. The SMILES string of the molecule is Cc1cnc(C)c(NCC(F)(F)C(F)F)n1. The minimum Gasteiger partial charge on any atom is -0.362 e. The summed E-state index contributed by atoms with van der Waals surface area (Å²) in [6, 6.07) is 0. The highest BCUT2D eigenvalue weighted by atomic mass is 19.3. The molecule has 0 aliphatic carbocycles. The van der Waals surface area contributed by atoms with Crippen molar-refractivity contribution in [3.63, 3.8) is 0 Å². The number of aromatic nitrogens is 2. The lowest BCUT2D eigenvalue weighted by atomic mass is 10.3. The van der Waals surface area contributed by atoms with Crippen molar-refractivity contribution < 1.29 is 17.6 Å². The molecule has 1 N–H and O–H groups in total. The molecule has 1 aromatic rings. The molecule has 3 nitrogen and oxygen atoms in total. The topological polar surface area (TPSA) is 37.8 Å². The molecule has 0 bridgehead atoms. The molecule has 16 heavy (non-hydrogen) atoms. The van der Waals surface area contributed by atoms with E-state index in [1.165, 1.54) is 6.20 Å². The molecule has 90 valence electrons. The van der Waals surface area contributed by atoms with Crippen LogP contribution in [-0.4, -0.2) is 28.9 Å². The van der Waals surface area contributed by atoms with Crippen molar-refractivity contribution in [1.82, 2.24) is 9.97 Å². The Morgan fingerprint density at radius 3 is 2.56 bits per heavy atom. The molecule has 0 aliphatic rings. The molecule has 0 atom stereocenters. The molecule has 1 aromatic heterocycles. The molecule has 0 amide bonds. The van der Waals surface area contributed by atoms with E-state index < -0.39 is 18.9 Å². The van der Waals surface area contributed by atoms with Gasteiger partial charge in [-0.1, -0.05) is 0 Å². The average Bonchev–Trinajstić information content (AvgIpc) is 2.19. The van der Waals surface area contributed by atoms with Gasteiger partial charge in [0.05, 0.1) is 17.9 Å². The van der Waals surface area contributed by atoms with Crippen LogP contribution in [0.5, 0.6) is 0 Å². The second-order valence-electron chi connectivity index (χ2n) is 3.36. The number of rotatable bonds is 4. The Balaban J connectivity index is 2.71. The van der Waals surface area contributed by atoms with Gasteiger partial charge in [-0.05, 0) is 13.8 Å². The Bertz CT molecular complexity index is 368. The zero-order valence-corrected chi connectivity index (χ0v) is 8.77. The lowest BCUT2D eigenvalue weighted by Crippen LogP contribution is -2.35. The first-order chi connectivity index (χ1) is 7.33. The lowest BCUT2D eigenvalue weighted by Gasteiger charge is -2.16. The van der Waals surface area contributed by atoms with E-state index in [1.54, 1.807) is 13.8 Å². The van der Waals surface area contributed by atoms with E-state index in [4.69, 9.17) is 0 Å². The number of nitrogens with one attached hydrogen (secondary N) is 1. The van der Waals surface area contributed by atoms with Gasteiger partial charge >= 0.3 is 12.3 Å². The third-order valence-electron chi connectivity index (χ3n) is 1.89. The summed E-state index contributed by atoms with van der Waals surface area (Å²) in [6.07, 6.45) is -2.23. The van der Waals surface area contributed by atoms with E-state index in [1.807, 2.05) is 0 Å². The summed E-state index contributed by atoms with van der Waals surface area (Å²) >= 11 is 0. The zero-order chi connectivity index (χ0) is 12.3. The Morgan fingerprint density at radius 1 is 1.38 bits per heavy atom. The van der Waals surface area contributed by atoms with Crippen molar-refractivity contribution >= 4 is 5.82 Å². The highest BCUT2D eigenvalue weighted by Gasteiger charge is 2.40. The number of hydrogen-bond acceptors (Lipinski definition) is 3. The normalized spacial score (nSPS) is 11.9. The Hall–Kier alpha value is -1.40. The van der Waals surface area contributed by atoms with Crippen molar-refractivity contribution in [3.05, 3.63) is 17.6 Å². The fourth-order valence-corrected chi connectivity index (χ4v) is 0.984. The van der Waals surface area contributed by atoms with Crippen LogP contribution in [0.4, 0.5) is 23.4 Å². The van der Waals surface area contributed by atoms with E-state index in [0.717, 1.165) is 0 Å². The van der Waals surface area contributed by atoms with Crippen LogP contribution in [0.25, 0.3) is 0 Å². The van der Waals surface area contributed by atoms with E-state index in [0.29, 0.717) is 11.4 Å². The summed E-state index contributed by atoms with van der Waals surface area (Å²) < 4.78 is 48.9. The van der Waals surface area contributed by atoms with Gasteiger partial charge in [-0.25, -0.2) is 13.8 Å². The van der Waals surface area contributed by atoms with E-state index in [2.05, 4.69) is 15.3 Å². The molecular formula is C9H11F4N3. The van der Waals surface area contributed by atoms with Gasteiger partial charge in [0.25, 0.3) is 0 Å². The fraction of sp³-hybridized carbons (Fsp3) is 0.556. The first-order valence-electron chi connectivity index (χ1n) is 4.53. The molecule has 0 saturated heterocycles. The van der Waals surface area contributed by atoms with Crippen molar-refractivity contribution in [2.75, 3.05) is 11.9 Å². The summed E-state index contributed by atoms with van der Waals surface area (Å²) in [6.45, 7) is 2.02. The highest BCUT2D eigenvalue weighted by Crippen LogP contribution is 2.23. The summed E-state index contributed by atoms with van der Waals surface area (Å²) in [7, 11) is 0. The smallest absolute Gasteiger partial charge is 0.324 e. The van der Waals surface area contributed by atoms with Crippen LogP contribution in [0.2, 0.25) is 0 Å². The van der Waals surface area contributed by atoms with Gasteiger partial charge in [0.1, 0.15) is 5.82 Å². The number of hydrogen-bond donors (Lipinski definition) is 1. The van der Waals surface area contributed by atoms with E-state index in [-0.39, 0.29) is 5.82 Å². The van der Waals surface area contributed by atoms with E-state index in [9.17, 15) is 17.6 Å². The molecule has 0 spiro atoms. The van der Waals surface area contributed by atoms with Gasteiger partial charge in [0.15, 0.2) is 0 Å². The summed E-state index contributed by atoms with van der Waals surface area (Å²) in [4.78, 5) is 7.75. The quantitative estimate of drug-likeness (QED) is 0.817. The molecule has 1 rings (SSSR count). The lowest BCUT2D eigenvalue weighted by molar-refractivity contribution is -0.117. The van der Waals surface area contributed by atoms with Gasteiger partial charge in [0, 0.05) is 6.20 Å². The van der Waals surface area contributed by atoms with Gasteiger partial charge in [0.2, 0.25) is 0 Å². The maximum atomic E-state index is 12.6. The molecule has 7 heteroatoms. The van der Waals surface area contributed by atoms with Gasteiger partial charge in [-0.2, -0.15) is 8.78 Å². The van der Waals surface area contributed by atoms with Crippen molar-refractivity contribution in [3.8, 4) is 0 Å². The van der Waals surface area contributed by atoms with Crippen molar-refractivity contribution in [2.24, 2.45) is 0 Å². The molecule has 0 aliphatic heterocycles. The monoisotopic (exact) mass is 237 g/mol. The fourth-order valence-electron chi connectivity index (χ4n) is 0.984. The van der Waals surface area contributed by atoms with Crippen molar-refractivity contribution in [2.45, 2.75) is 26.2 Å². The second-order valence-corrected chi connectivity index (χ2v) is 3.36. The van der Waals surface area contributed by atoms with Crippen LogP contribution in [0, 0.1) is 13.8 Å². The maximum absolute atomic E-state index is 12.6. The third kappa shape index (κ3) is 3.04. The summed E-state index contributed by atoms with van der Waals surface area (Å²) in [5.74, 6) is -3.97. The number of aryl methyl sites for hydroxylation is 2.